The number of aliphatic hydroxyl groups excluding tert-OH is 1. The fourth-order valence-corrected chi connectivity index (χ4v) is 3.35. The van der Waals surface area contributed by atoms with Gasteiger partial charge in [-0.2, -0.15) is 0 Å². The number of hydrogen-bond donors (Lipinski definition) is 3. The lowest BCUT2D eigenvalue weighted by atomic mass is 10.1. The van der Waals surface area contributed by atoms with Crippen LogP contribution >= 0.6 is 7.82 Å². The van der Waals surface area contributed by atoms with E-state index in [1.165, 1.54) is 0 Å². The van der Waals surface area contributed by atoms with Gasteiger partial charge in [0.05, 0.1) is 13.2 Å². The number of rotatable bonds is 21. The third-order valence-corrected chi connectivity index (χ3v) is 5.26. The maximum Gasteiger partial charge on any atom is 0.472 e. The summed E-state index contributed by atoms with van der Waals surface area (Å²) in [4.78, 5) is 21.0. The number of esters is 1. The van der Waals surface area contributed by atoms with Crippen LogP contribution in [0.25, 0.3) is 0 Å². The quantitative estimate of drug-likeness (QED) is 0.0953. The van der Waals surface area contributed by atoms with E-state index in [1.807, 2.05) is 0 Å². The van der Waals surface area contributed by atoms with Crippen LogP contribution < -0.4 is 5.73 Å². The summed E-state index contributed by atoms with van der Waals surface area (Å²) in [6.45, 7) is 1.29. The summed E-state index contributed by atoms with van der Waals surface area (Å²) in [7, 11) is -4.25. The van der Waals surface area contributed by atoms with Crippen molar-refractivity contribution >= 4 is 13.8 Å². The number of phosphoric ester groups is 1. The van der Waals surface area contributed by atoms with Crippen LogP contribution in [0.1, 0.15) is 71.1 Å². The lowest BCUT2D eigenvalue weighted by Crippen LogP contribution is -2.23. The Kier molecular flexibility index (Phi) is 20.7. The molecule has 0 aliphatic heterocycles. The summed E-state index contributed by atoms with van der Waals surface area (Å²) in [5.41, 5.74) is 5.16. The SMILES string of the molecule is CC/C=C\C/C=C\C/C=C\CCCCCCCC(=O)OCC(O)COP(=O)(O)OCCN. The van der Waals surface area contributed by atoms with Gasteiger partial charge in [0.25, 0.3) is 0 Å². The van der Waals surface area contributed by atoms with Gasteiger partial charge in [-0.05, 0) is 38.5 Å². The van der Waals surface area contributed by atoms with Crippen LogP contribution in [0.2, 0.25) is 0 Å². The molecule has 0 aliphatic rings. The molecule has 8 nitrogen and oxygen atoms in total. The maximum absolute atomic E-state index is 11.7. The largest absolute Gasteiger partial charge is 0.472 e. The van der Waals surface area contributed by atoms with Gasteiger partial charge >= 0.3 is 13.8 Å². The molecule has 32 heavy (non-hydrogen) atoms. The minimum atomic E-state index is -4.25. The van der Waals surface area contributed by atoms with Gasteiger partial charge in [-0.1, -0.05) is 62.6 Å². The molecule has 4 N–H and O–H groups in total. The minimum Gasteiger partial charge on any atom is -0.463 e. The number of phosphoric acid groups is 1. The predicted octanol–water partition coefficient (Wildman–Crippen LogP) is 4.57. The summed E-state index contributed by atoms with van der Waals surface area (Å²) >= 11 is 0. The van der Waals surface area contributed by atoms with Crippen molar-refractivity contribution in [1.82, 2.24) is 0 Å². The Morgan fingerprint density at radius 2 is 1.56 bits per heavy atom. The zero-order valence-electron chi connectivity index (χ0n) is 19.4. The van der Waals surface area contributed by atoms with Crippen molar-refractivity contribution in [2.45, 2.75) is 77.2 Å². The normalized spacial score (nSPS) is 15.0. The Balaban J connectivity index is 3.57. The number of ether oxygens (including phenoxy) is 1. The molecule has 186 valence electrons. The third-order valence-electron chi connectivity index (χ3n) is 4.27. The van der Waals surface area contributed by atoms with E-state index in [2.05, 4.69) is 52.4 Å². The third kappa shape index (κ3) is 21.9. The van der Waals surface area contributed by atoms with Gasteiger partial charge < -0.3 is 20.5 Å². The van der Waals surface area contributed by atoms with Gasteiger partial charge in [0.15, 0.2) is 0 Å². The van der Waals surface area contributed by atoms with Crippen molar-refractivity contribution in [2.75, 3.05) is 26.4 Å². The Bertz CT molecular complexity index is 593. The predicted molar refractivity (Wildman–Crippen MR) is 127 cm³/mol. The van der Waals surface area contributed by atoms with Crippen LogP contribution in [-0.2, 0) is 23.1 Å². The van der Waals surface area contributed by atoms with E-state index in [9.17, 15) is 19.4 Å². The molecule has 0 fully saturated rings. The Labute approximate surface area is 193 Å². The summed E-state index contributed by atoms with van der Waals surface area (Å²) in [6, 6.07) is 0. The zero-order valence-corrected chi connectivity index (χ0v) is 20.3. The maximum atomic E-state index is 11.7. The first kappa shape index (κ1) is 30.7. The molecule has 9 heteroatoms. The second-order valence-corrected chi connectivity index (χ2v) is 8.78. The topological polar surface area (TPSA) is 128 Å². The Morgan fingerprint density at radius 3 is 2.25 bits per heavy atom. The van der Waals surface area contributed by atoms with Crippen molar-refractivity contribution in [3.8, 4) is 0 Å². The van der Waals surface area contributed by atoms with Crippen LogP contribution in [0.15, 0.2) is 36.5 Å². The van der Waals surface area contributed by atoms with Gasteiger partial charge in [0.2, 0.25) is 0 Å². The molecule has 2 unspecified atom stereocenters. The van der Waals surface area contributed by atoms with E-state index in [0.29, 0.717) is 0 Å². The molecule has 0 saturated heterocycles. The molecular formula is C23H42NO7P. The van der Waals surface area contributed by atoms with Gasteiger partial charge in [-0.15, -0.1) is 0 Å². The molecule has 0 aromatic heterocycles. The lowest BCUT2D eigenvalue weighted by Gasteiger charge is -2.15. The lowest BCUT2D eigenvalue weighted by molar-refractivity contribution is -0.147. The van der Waals surface area contributed by atoms with E-state index < -0.39 is 26.5 Å². The molecule has 0 spiro atoms. The van der Waals surface area contributed by atoms with Crippen LogP contribution in [-0.4, -0.2) is 48.4 Å². The molecular weight excluding hydrogens is 433 g/mol. The molecule has 2 atom stereocenters. The van der Waals surface area contributed by atoms with Gasteiger partial charge in [-0.25, -0.2) is 4.57 Å². The highest BCUT2D eigenvalue weighted by atomic mass is 31.2. The van der Waals surface area contributed by atoms with E-state index in [4.69, 9.17) is 10.5 Å². The number of aliphatic hydroxyl groups is 1. The van der Waals surface area contributed by atoms with Crippen LogP contribution in [0, 0.1) is 0 Å². The standard InChI is InChI=1S/C23H42NO7P/c1-2-3-4-5-6-7-8-9-10-11-12-13-14-15-16-17-23(26)29-20-22(25)21-31-32(27,28)30-19-18-24/h3-4,6-7,9-10,22,25H,2,5,8,11-21,24H2,1H3,(H,27,28)/b4-3-,7-6-,10-9-. The first-order valence-corrected chi connectivity index (χ1v) is 13.0. The summed E-state index contributed by atoms with van der Waals surface area (Å²) < 4.78 is 25.5. The fourth-order valence-electron chi connectivity index (χ4n) is 2.58. The number of carbonyl (C=O) groups excluding carboxylic acids is 1. The number of hydrogen-bond acceptors (Lipinski definition) is 7. The number of unbranched alkanes of at least 4 members (excludes halogenated alkanes) is 5. The van der Waals surface area contributed by atoms with Crippen molar-refractivity contribution in [1.29, 1.82) is 0 Å². The molecule has 0 bridgehead atoms. The molecule has 0 aliphatic carbocycles. The van der Waals surface area contributed by atoms with Crippen molar-refractivity contribution in [3.63, 3.8) is 0 Å². The smallest absolute Gasteiger partial charge is 0.463 e. The van der Waals surface area contributed by atoms with E-state index in [0.717, 1.165) is 57.8 Å². The summed E-state index contributed by atoms with van der Waals surface area (Å²) in [6.07, 6.45) is 21.4. The van der Waals surface area contributed by atoms with Gasteiger partial charge in [0, 0.05) is 13.0 Å². The van der Waals surface area contributed by atoms with Crippen molar-refractivity contribution < 1.29 is 33.1 Å². The van der Waals surface area contributed by atoms with Gasteiger partial charge in [-0.3, -0.25) is 13.8 Å². The molecule has 0 heterocycles. The number of carbonyl (C=O) groups is 1. The van der Waals surface area contributed by atoms with Crippen LogP contribution in [0.4, 0.5) is 0 Å². The van der Waals surface area contributed by atoms with E-state index >= 15 is 0 Å². The van der Waals surface area contributed by atoms with Crippen LogP contribution in [0.5, 0.6) is 0 Å². The number of nitrogens with two attached hydrogens (primary N) is 1. The second-order valence-electron chi connectivity index (χ2n) is 7.32. The molecule has 0 radical (unpaired) electrons. The average molecular weight is 476 g/mol. The van der Waals surface area contributed by atoms with E-state index in [1.54, 1.807) is 0 Å². The molecule has 0 rings (SSSR count). The Morgan fingerprint density at radius 1 is 0.938 bits per heavy atom. The fraction of sp³-hybridized carbons (Fsp3) is 0.696. The molecule has 0 aromatic carbocycles. The van der Waals surface area contributed by atoms with Gasteiger partial charge in [0.1, 0.15) is 12.7 Å². The second kappa shape index (κ2) is 21.6. The Hall–Kier alpha value is -1.28. The highest BCUT2D eigenvalue weighted by molar-refractivity contribution is 7.47. The number of allylic oxidation sites excluding steroid dienone is 6. The molecule has 0 aromatic rings. The zero-order chi connectivity index (χ0) is 23.9. The van der Waals surface area contributed by atoms with Crippen molar-refractivity contribution in [3.05, 3.63) is 36.5 Å². The molecule has 0 amide bonds. The minimum absolute atomic E-state index is 0.0700. The van der Waals surface area contributed by atoms with Crippen molar-refractivity contribution in [2.24, 2.45) is 5.73 Å². The average Bonchev–Trinajstić information content (AvgIpc) is 2.77. The monoisotopic (exact) mass is 475 g/mol. The summed E-state index contributed by atoms with van der Waals surface area (Å²) in [5.74, 6) is -0.406. The first-order valence-electron chi connectivity index (χ1n) is 11.5. The summed E-state index contributed by atoms with van der Waals surface area (Å²) in [5, 5.41) is 9.66. The molecule has 0 saturated carbocycles. The van der Waals surface area contributed by atoms with E-state index in [-0.39, 0.29) is 26.2 Å². The highest BCUT2D eigenvalue weighted by Gasteiger charge is 2.22. The highest BCUT2D eigenvalue weighted by Crippen LogP contribution is 2.42. The first-order chi connectivity index (χ1) is 15.4. The van der Waals surface area contributed by atoms with Crippen LogP contribution in [0.3, 0.4) is 0 Å².